The van der Waals surface area contributed by atoms with Gasteiger partial charge in [-0.05, 0) is 31.7 Å². The molecule has 1 atom stereocenters. The zero-order chi connectivity index (χ0) is 13.3. The van der Waals surface area contributed by atoms with Crippen molar-refractivity contribution in [1.82, 2.24) is 5.32 Å². The molecule has 0 saturated heterocycles. The predicted octanol–water partition coefficient (Wildman–Crippen LogP) is 3.26. The number of ether oxygens (including phenoxy) is 1. The molecule has 1 unspecified atom stereocenters. The van der Waals surface area contributed by atoms with Crippen molar-refractivity contribution >= 4 is 0 Å². The third kappa shape index (κ3) is 4.96. The first kappa shape index (κ1) is 15.5. The second kappa shape index (κ2) is 8.50. The van der Waals surface area contributed by atoms with Crippen LogP contribution >= 0.6 is 0 Å². The van der Waals surface area contributed by atoms with Gasteiger partial charge >= 0.3 is 0 Å². The minimum Gasteiger partial charge on any atom is -0.378 e. The Labute approximate surface area is 112 Å². The lowest BCUT2D eigenvalue weighted by atomic mass is 9.96. The van der Waals surface area contributed by atoms with Crippen molar-refractivity contribution in [3.8, 4) is 6.07 Å². The first-order valence-electron chi connectivity index (χ1n) is 7.53. The van der Waals surface area contributed by atoms with Crippen molar-refractivity contribution in [2.75, 3.05) is 19.8 Å². The number of hydrogen-bond acceptors (Lipinski definition) is 3. The van der Waals surface area contributed by atoms with Gasteiger partial charge in [-0.3, -0.25) is 5.32 Å². The SMILES string of the molecule is CCCCCCCOCC(C#N)(NCC)C1CC1. The summed E-state index contributed by atoms with van der Waals surface area (Å²) in [7, 11) is 0. The molecule has 1 aliphatic carbocycles. The number of nitrogens with zero attached hydrogens (tertiary/aromatic N) is 1. The maximum absolute atomic E-state index is 9.40. The second-order valence-electron chi connectivity index (χ2n) is 5.35. The Morgan fingerprint density at radius 2 is 1.94 bits per heavy atom. The summed E-state index contributed by atoms with van der Waals surface area (Å²) in [6.07, 6.45) is 8.61. The van der Waals surface area contributed by atoms with Crippen LogP contribution in [-0.2, 0) is 4.74 Å². The molecule has 3 nitrogen and oxygen atoms in total. The van der Waals surface area contributed by atoms with E-state index in [2.05, 4.69) is 25.2 Å². The zero-order valence-electron chi connectivity index (χ0n) is 12.0. The molecule has 0 aromatic carbocycles. The van der Waals surface area contributed by atoms with Gasteiger partial charge in [0.1, 0.15) is 5.54 Å². The van der Waals surface area contributed by atoms with Gasteiger partial charge in [0.25, 0.3) is 0 Å². The second-order valence-corrected chi connectivity index (χ2v) is 5.35. The van der Waals surface area contributed by atoms with E-state index in [9.17, 15) is 5.26 Å². The molecule has 1 N–H and O–H groups in total. The van der Waals surface area contributed by atoms with Crippen molar-refractivity contribution in [3.63, 3.8) is 0 Å². The summed E-state index contributed by atoms with van der Waals surface area (Å²) in [6.45, 7) is 6.47. The highest BCUT2D eigenvalue weighted by Gasteiger charge is 2.45. The van der Waals surface area contributed by atoms with Crippen LogP contribution in [0, 0.1) is 17.2 Å². The van der Waals surface area contributed by atoms with Gasteiger partial charge in [0.05, 0.1) is 12.7 Å². The minimum atomic E-state index is -0.418. The van der Waals surface area contributed by atoms with Gasteiger partial charge in [0, 0.05) is 6.61 Å². The van der Waals surface area contributed by atoms with Gasteiger partial charge in [-0.25, -0.2) is 0 Å². The number of nitriles is 1. The van der Waals surface area contributed by atoms with E-state index in [4.69, 9.17) is 4.74 Å². The predicted molar refractivity (Wildman–Crippen MR) is 74.3 cm³/mol. The van der Waals surface area contributed by atoms with E-state index in [1.165, 1.54) is 38.5 Å². The largest absolute Gasteiger partial charge is 0.378 e. The molecule has 1 rings (SSSR count). The maximum Gasteiger partial charge on any atom is 0.133 e. The monoisotopic (exact) mass is 252 g/mol. The molecule has 104 valence electrons. The Hall–Kier alpha value is -0.590. The summed E-state index contributed by atoms with van der Waals surface area (Å²) < 4.78 is 5.74. The third-order valence-electron chi connectivity index (χ3n) is 3.69. The zero-order valence-corrected chi connectivity index (χ0v) is 12.0. The van der Waals surface area contributed by atoms with E-state index < -0.39 is 5.54 Å². The molecule has 0 radical (unpaired) electrons. The van der Waals surface area contributed by atoms with Crippen LogP contribution in [-0.4, -0.2) is 25.3 Å². The lowest BCUT2D eigenvalue weighted by Crippen LogP contribution is -2.50. The van der Waals surface area contributed by atoms with Gasteiger partial charge in [-0.1, -0.05) is 39.5 Å². The van der Waals surface area contributed by atoms with Crippen LogP contribution in [0.25, 0.3) is 0 Å². The van der Waals surface area contributed by atoms with Gasteiger partial charge in [0.2, 0.25) is 0 Å². The van der Waals surface area contributed by atoms with E-state index in [1.807, 2.05) is 0 Å². The van der Waals surface area contributed by atoms with Crippen molar-refractivity contribution in [3.05, 3.63) is 0 Å². The summed E-state index contributed by atoms with van der Waals surface area (Å²) in [6, 6.07) is 2.45. The molecule has 0 amide bonds. The molecule has 18 heavy (non-hydrogen) atoms. The van der Waals surface area contributed by atoms with Crippen LogP contribution in [0.1, 0.15) is 58.8 Å². The fraction of sp³-hybridized carbons (Fsp3) is 0.933. The van der Waals surface area contributed by atoms with Crippen molar-refractivity contribution in [2.45, 2.75) is 64.3 Å². The van der Waals surface area contributed by atoms with Gasteiger partial charge in [0.15, 0.2) is 0 Å². The summed E-state index contributed by atoms with van der Waals surface area (Å²) in [5.74, 6) is 0.502. The summed E-state index contributed by atoms with van der Waals surface area (Å²) >= 11 is 0. The first-order chi connectivity index (χ1) is 8.79. The van der Waals surface area contributed by atoms with Crippen molar-refractivity contribution in [2.24, 2.45) is 5.92 Å². The lowest BCUT2D eigenvalue weighted by molar-refractivity contribution is 0.0787. The van der Waals surface area contributed by atoms with E-state index in [0.717, 1.165) is 19.6 Å². The van der Waals surface area contributed by atoms with Crippen molar-refractivity contribution in [1.29, 1.82) is 5.26 Å². The highest BCUT2D eigenvalue weighted by atomic mass is 16.5. The molecule has 1 saturated carbocycles. The Balaban J connectivity index is 2.16. The first-order valence-corrected chi connectivity index (χ1v) is 7.53. The Bertz CT molecular complexity index is 258. The van der Waals surface area contributed by atoms with Crippen LogP contribution in [0.2, 0.25) is 0 Å². The number of unbranched alkanes of at least 4 members (excludes halogenated alkanes) is 4. The Morgan fingerprint density at radius 3 is 2.50 bits per heavy atom. The van der Waals surface area contributed by atoms with Gasteiger partial charge < -0.3 is 4.74 Å². The third-order valence-corrected chi connectivity index (χ3v) is 3.69. The molecule has 0 heterocycles. The van der Waals surface area contributed by atoms with E-state index in [-0.39, 0.29) is 0 Å². The maximum atomic E-state index is 9.40. The molecule has 0 aliphatic heterocycles. The topological polar surface area (TPSA) is 45.0 Å². The van der Waals surface area contributed by atoms with E-state index >= 15 is 0 Å². The number of likely N-dealkylation sites (N-methyl/N-ethyl adjacent to an activating group) is 1. The highest BCUT2D eigenvalue weighted by Crippen LogP contribution is 2.39. The van der Waals surface area contributed by atoms with Crippen LogP contribution in [0.5, 0.6) is 0 Å². The van der Waals surface area contributed by atoms with Gasteiger partial charge in [-0.2, -0.15) is 5.26 Å². The Morgan fingerprint density at radius 1 is 1.22 bits per heavy atom. The molecule has 0 aromatic heterocycles. The van der Waals surface area contributed by atoms with E-state index in [1.54, 1.807) is 0 Å². The summed E-state index contributed by atoms with van der Waals surface area (Å²) in [5.41, 5.74) is -0.418. The van der Waals surface area contributed by atoms with Crippen LogP contribution in [0.15, 0.2) is 0 Å². The molecule has 1 aliphatic rings. The minimum absolute atomic E-state index is 0.418. The normalized spacial score (nSPS) is 18.3. The number of rotatable bonds is 11. The average molecular weight is 252 g/mol. The molecule has 0 aromatic rings. The smallest absolute Gasteiger partial charge is 0.133 e. The number of nitrogens with one attached hydrogen (secondary N) is 1. The molecular formula is C15H28N2O. The standard InChI is InChI=1S/C15H28N2O/c1-3-5-6-7-8-11-18-13-15(12-16,17-4-2)14-9-10-14/h14,17H,3-11,13H2,1-2H3. The summed E-state index contributed by atoms with van der Waals surface area (Å²) in [5, 5.41) is 12.7. The molecule has 1 fully saturated rings. The van der Waals surface area contributed by atoms with Crippen molar-refractivity contribution < 1.29 is 4.74 Å². The highest BCUT2D eigenvalue weighted by molar-refractivity contribution is 5.15. The van der Waals surface area contributed by atoms with Crippen LogP contribution < -0.4 is 5.32 Å². The van der Waals surface area contributed by atoms with E-state index in [0.29, 0.717) is 12.5 Å². The quantitative estimate of drug-likeness (QED) is 0.574. The van der Waals surface area contributed by atoms with Crippen LogP contribution in [0.3, 0.4) is 0 Å². The van der Waals surface area contributed by atoms with Crippen LogP contribution in [0.4, 0.5) is 0 Å². The lowest BCUT2D eigenvalue weighted by Gasteiger charge is -2.27. The fourth-order valence-corrected chi connectivity index (χ4v) is 2.41. The Kier molecular flexibility index (Phi) is 7.31. The molecule has 3 heteroatoms. The number of hydrogen-bond donors (Lipinski definition) is 1. The summed E-state index contributed by atoms with van der Waals surface area (Å²) in [4.78, 5) is 0. The van der Waals surface area contributed by atoms with Gasteiger partial charge in [-0.15, -0.1) is 0 Å². The molecular weight excluding hydrogens is 224 g/mol. The fourth-order valence-electron chi connectivity index (χ4n) is 2.41. The molecule has 0 bridgehead atoms. The molecule has 0 spiro atoms. The average Bonchev–Trinajstić information content (AvgIpc) is 3.21.